The van der Waals surface area contributed by atoms with Gasteiger partial charge >= 0.3 is 0 Å². The van der Waals surface area contributed by atoms with Crippen molar-refractivity contribution in [2.45, 2.75) is 59.8 Å². The van der Waals surface area contributed by atoms with Crippen LogP contribution in [0.1, 0.15) is 68.8 Å². The van der Waals surface area contributed by atoms with Crippen LogP contribution in [0.15, 0.2) is 58.6 Å². The fourth-order valence-corrected chi connectivity index (χ4v) is 3.75. The Labute approximate surface area is 224 Å². The fourth-order valence-electron chi connectivity index (χ4n) is 3.75. The number of hydrogen-bond acceptors (Lipinski definition) is 7. The third-order valence-electron chi connectivity index (χ3n) is 5.87. The summed E-state index contributed by atoms with van der Waals surface area (Å²) in [7, 11) is 0. The van der Waals surface area contributed by atoms with Crippen LogP contribution in [-0.4, -0.2) is 35.6 Å². The zero-order chi connectivity index (χ0) is 27.3. The average Bonchev–Trinajstić information content (AvgIpc) is 2.91. The Morgan fingerprint density at radius 2 is 1.82 bits per heavy atom. The molecule has 0 aliphatic carbocycles. The molecule has 9 nitrogen and oxygen atoms in total. The van der Waals surface area contributed by atoms with Crippen molar-refractivity contribution in [1.82, 2.24) is 15.8 Å². The molecule has 9 heteroatoms. The number of amides is 1. The largest absolute Gasteiger partial charge is 0.382 e. The second-order valence-electron chi connectivity index (χ2n) is 9.31. The number of nitrogens with two attached hydrogens (primary N) is 1. The maximum absolute atomic E-state index is 12.4. The molecule has 0 saturated carbocycles. The van der Waals surface area contributed by atoms with Gasteiger partial charge in [0.2, 0.25) is 0 Å². The van der Waals surface area contributed by atoms with Gasteiger partial charge in [0.15, 0.2) is 0 Å². The van der Waals surface area contributed by atoms with E-state index in [0.717, 1.165) is 65.8 Å². The Bertz CT molecular complexity index is 1270. The number of hydrogen-bond donors (Lipinski definition) is 4. The molecule has 1 heterocycles. The minimum atomic E-state index is -0.100. The molecule has 202 valence electrons. The van der Waals surface area contributed by atoms with Crippen molar-refractivity contribution >= 4 is 45.6 Å². The number of para-hydroxylation sites is 1. The number of pyridine rings is 1. The second-order valence-corrected chi connectivity index (χ2v) is 9.31. The van der Waals surface area contributed by atoms with Gasteiger partial charge in [-0.25, -0.2) is 9.98 Å². The molecule has 0 bridgehead atoms. The lowest BCUT2D eigenvalue weighted by Crippen LogP contribution is -2.26. The number of nitrogens with zero attached hydrogens (tertiary/aromatic N) is 3. The quantitative estimate of drug-likeness (QED) is 0.0970. The molecule has 5 N–H and O–H groups in total. The van der Waals surface area contributed by atoms with Crippen molar-refractivity contribution in [2.24, 2.45) is 10.1 Å². The van der Waals surface area contributed by atoms with Gasteiger partial charge in [-0.05, 0) is 75.9 Å². The number of amidine groups is 1. The predicted octanol–water partition coefficient (Wildman–Crippen LogP) is 5.88. The topological polar surface area (TPSA) is 126 Å². The number of hydroxylamine groups is 1. The highest BCUT2D eigenvalue weighted by Crippen LogP contribution is 2.31. The van der Waals surface area contributed by atoms with Gasteiger partial charge in [-0.15, -0.1) is 0 Å². The first-order chi connectivity index (χ1) is 18.4. The molecular weight excluding hydrogens is 478 g/mol. The summed E-state index contributed by atoms with van der Waals surface area (Å²) in [6.07, 6.45) is 4.33. The lowest BCUT2D eigenvalue weighted by Gasteiger charge is -2.13. The second kappa shape index (κ2) is 14.7. The number of rotatable bonds is 13. The van der Waals surface area contributed by atoms with Gasteiger partial charge in [-0.2, -0.15) is 5.10 Å². The number of anilines is 2. The first kappa shape index (κ1) is 28.6. The van der Waals surface area contributed by atoms with Gasteiger partial charge in [-0.1, -0.05) is 31.5 Å². The van der Waals surface area contributed by atoms with E-state index in [-0.39, 0.29) is 5.91 Å². The molecule has 0 fully saturated rings. The van der Waals surface area contributed by atoms with E-state index in [9.17, 15) is 4.79 Å². The molecule has 1 aromatic heterocycles. The van der Waals surface area contributed by atoms with Crippen molar-refractivity contribution in [1.29, 1.82) is 0 Å². The third kappa shape index (κ3) is 8.55. The predicted molar refractivity (Wildman–Crippen MR) is 157 cm³/mol. The van der Waals surface area contributed by atoms with Crippen LogP contribution < -0.4 is 22.0 Å². The Morgan fingerprint density at radius 1 is 1.05 bits per heavy atom. The van der Waals surface area contributed by atoms with E-state index >= 15 is 0 Å². The van der Waals surface area contributed by atoms with E-state index in [4.69, 9.17) is 15.6 Å². The number of nitrogen functional groups attached to an aromatic ring is 1. The molecule has 0 aliphatic rings. The van der Waals surface area contributed by atoms with Crippen LogP contribution in [0, 0.1) is 6.92 Å². The lowest BCUT2D eigenvalue weighted by atomic mass is 10.1. The molecule has 0 atom stereocenters. The van der Waals surface area contributed by atoms with E-state index in [1.54, 1.807) is 12.1 Å². The molecule has 0 radical (unpaired) electrons. The molecule has 3 aromatic rings. The molecule has 2 aromatic carbocycles. The minimum absolute atomic E-state index is 0.100. The lowest BCUT2D eigenvalue weighted by molar-refractivity contribution is 0.0797. The van der Waals surface area contributed by atoms with Crippen LogP contribution in [0.25, 0.3) is 10.9 Å². The number of nitrogens with one attached hydrogen (secondary N) is 3. The highest BCUT2D eigenvalue weighted by molar-refractivity contribution is 5.94. The minimum Gasteiger partial charge on any atom is -0.382 e. The normalized spacial score (nSPS) is 11.3. The van der Waals surface area contributed by atoms with Crippen molar-refractivity contribution in [3.63, 3.8) is 0 Å². The maximum atomic E-state index is 12.4. The summed E-state index contributed by atoms with van der Waals surface area (Å²) in [5.74, 6) is 1.03. The molecule has 1 amide bonds. The summed E-state index contributed by atoms with van der Waals surface area (Å²) in [6.45, 7) is 9.03. The monoisotopic (exact) mass is 517 g/mol. The zero-order valence-electron chi connectivity index (χ0n) is 22.8. The van der Waals surface area contributed by atoms with Gasteiger partial charge in [-0.3, -0.25) is 20.5 Å². The van der Waals surface area contributed by atoms with Crippen LogP contribution in [0.5, 0.6) is 0 Å². The maximum Gasteiger partial charge on any atom is 0.251 e. The Kier molecular flexibility index (Phi) is 11.0. The average molecular weight is 518 g/mol. The van der Waals surface area contributed by atoms with E-state index in [1.807, 2.05) is 57.2 Å². The number of benzene rings is 2. The van der Waals surface area contributed by atoms with E-state index < -0.39 is 0 Å². The first-order valence-corrected chi connectivity index (χ1v) is 13.1. The highest BCUT2D eigenvalue weighted by Gasteiger charge is 2.11. The first-order valence-electron chi connectivity index (χ1n) is 13.1. The number of carbonyl (C=O) groups excluding carboxylic acids is 1. The van der Waals surface area contributed by atoms with Crippen molar-refractivity contribution in [2.75, 3.05) is 24.3 Å². The number of hydrazone groups is 1. The van der Waals surface area contributed by atoms with Gasteiger partial charge in [0, 0.05) is 29.6 Å². The Morgan fingerprint density at radius 3 is 2.55 bits per heavy atom. The van der Waals surface area contributed by atoms with Gasteiger partial charge in [0.05, 0.1) is 17.8 Å². The number of aromatic nitrogens is 1. The van der Waals surface area contributed by atoms with E-state index in [0.29, 0.717) is 30.2 Å². The summed E-state index contributed by atoms with van der Waals surface area (Å²) in [4.78, 5) is 27.4. The summed E-state index contributed by atoms with van der Waals surface area (Å²) in [5.41, 5.74) is 17.1. The van der Waals surface area contributed by atoms with Crippen LogP contribution in [-0.2, 0) is 4.84 Å². The molecule has 0 unspecified atom stereocenters. The SMILES string of the molecule is CCCC/C(=N/c1c(N)nc2ccccc2c1C)NOCCCCNC(=O)c1ccc(NN=C(C)C)cc1. The summed E-state index contributed by atoms with van der Waals surface area (Å²) in [6, 6.07) is 15.1. The van der Waals surface area contributed by atoms with Crippen LogP contribution in [0.4, 0.5) is 17.2 Å². The summed E-state index contributed by atoms with van der Waals surface area (Å²) < 4.78 is 0. The zero-order valence-corrected chi connectivity index (χ0v) is 22.8. The van der Waals surface area contributed by atoms with Gasteiger partial charge < -0.3 is 11.1 Å². The Balaban J connectivity index is 1.45. The van der Waals surface area contributed by atoms with Crippen LogP contribution in [0.2, 0.25) is 0 Å². The van der Waals surface area contributed by atoms with Crippen molar-refractivity contribution in [3.8, 4) is 0 Å². The molecule has 38 heavy (non-hydrogen) atoms. The third-order valence-corrected chi connectivity index (χ3v) is 5.87. The molecule has 3 rings (SSSR count). The molecule has 0 aliphatic heterocycles. The number of unbranched alkanes of at least 4 members (excludes halogenated alkanes) is 2. The summed E-state index contributed by atoms with van der Waals surface area (Å²) >= 11 is 0. The van der Waals surface area contributed by atoms with Crippen molar-refractivity contribution in [3.05, 3.63) is 59.7 Å². The number of carbonyl (C=O) groups is 1. The summed E-state index contributed by atoms with van der Waals surface area (Å²) in [5, 5.41) is 8.13. The standard InChI is InChI=1S/C29H39N7O2/c1-5-6-13-26(33-27-21(4)24-11-7-8-12-25(24)32-28(27)30)36-38-19-10-9-18-31-29(37)22-14-16-23(17-15-22)35-34-20(2)3/h7-8,11-12,14-17,35H,5-6,9-10,13,18-19H2,1-4H3,(H2,30,32)(H,31,37)(H,33,36). The highest BCUT2D eigenvalue weighted by atomic mass is 16.6. The van der Waals surface area contributed by atoms with Gasteiger partial charge in [0.1, 0.15) is 17.3 Å². The van der Waals surface area contributed by atoms with Gasteiger partial charge in [0.25, 0.3) is 5.91 Å². The fraction of sp³-hybridized carbons (Fsp3) is 0.379. The number of aliphatic imine (C=N–C) groups is 1. The molecule has 0 saturated heterocycles. The smallest absolute Gasteiger partial charge is 0.251 e. The Hall–Kier alpha value is -3.98. The van der Waals surface area contributed by atoms with E-state index in [2.05, 4.69) is 33.2 Å². The van der Waals surface area contributed by atoms with Crippen molar-refractivity contribution < 1.29 is 9.63 Å². The number of aryl methyl sites for hydroxylation is 1. The molecular formula is C29H39N7O2. The van der Waals surface area contributed by atoms with Crippen LogP contribution >= 0.6 is 0 Å². The van der Waals surface area contributed by atoms with E-state index in [1.165, 1.54) is 0 Å². The van der Waals surface area contributed by atoms with Crippen LogP contribution in [0.3, 0.4) is 0 Å². The molecule has 0 spiro atoms. The number of fused-ring (bicyclic) bond motifs is 1.